The van der Waals surface area contributed by atoms with Crippen molar-refractivity contribution in [3.63, 3.8) is 0 Å². The van der Waals surface area contributed by atoms with Gasteiger partial charge in [0.1, 0.15) is 17.1 Å². The Morgan fingerprint density at radius 1 is 1.12 bits per heavy atom. The maximum absolute atomic E-state index is 12.9. The number of hydrogen-bond donors (Lipinski definition) is 2. The van der Waals surface area contributed by atoms with Gasteiger partial charge in [-0.1, -0.05) is 60.5 Å². The lowest BCUT2D eigenvalue weighted by Gasteiger charge is -2.15. The molecule has 0 bridgehead atoms. The summed E-state index contributed by atoms with van der Waals surface area (Å²) in [6, 6.07) is 14.5. The van der Waals surface area contributed by atoms with Crippen molar-refractivity contribution in [2.24, 2.45) is 5.73 Å². The SMILES string of the molecule is CCSc1ccc(C(N)c2nc3c(Cl)c(-c4ccccc4OC(F)(F)F)c(Cl)cc3[nH]2)cc1. The number of thioether (sulfide) groups is 1. The lowest BCUT2D eigenvalue weighted by atomic mass is 10.0. The van der Waals surface area contributed by atoms with Gasteiger partial charge in [-0.15, -0.1) is 24.9 Å². The van der Waals surface area contributed by atoms with Crippen molar-refractivity contribution in [3.05, 3.63) is 76.0 Å². The van der Waals surface area contributed by atoms with Crippen LogP contribution in [0, 0.1) is 0 Å². The number of alkyl halides is 3. The molecule has 172 valence electrons. The number of H-pyrrole nitrogens is 1. The Labute approximate surface area is 202 Å². The number of aromatic amines is 1. The van der Waals surface area contributed by atoms with E-state index in [1.54, 1.807) is 23.9 Å². The van der Waals surface area contributed by atoms with Gasteiger partial charge >= 0.3 is 6.36 Å². The number of fused-ring (bicyclic) bond motifs is 1. The van der Waals surface area contributed by atoms with E-state index in [9.17, 15) is 13.2 Å². The third-order valence-corrected chi connectivity index (χ3v) is 6.47. The number of hydrogen-bond acceptors (Lipinski definition) is 4. The number of aromatic nitrogens is 2. The average Bonchev–Trinajstić information content (AvgIpc) is 3.18. The molecule has 1 atom stereocenters. The zero-order valence-electron chi connectivity index (χ0n) is 17.2. The second-order valence-corrected chi connectivity index (χ2v) is 9.21. The third-order valence-electron chi connectivity index (χ3n) is 4.91. The summed E-state index contributed by atoms with van der Waals surface area (Å²) in [4.78, 5) is 8.80. The second kappa shape index (κ2) is 9.46. The van der Waals surface area contributed by atoms with Gasteiger partial charge in [0, 0.05) is 16.0 Å². The Kier molecular flexibility index (Phi) is 6.81. The van der Waals surface area contributed by atoms with Gasteiger partial charge in [0.25, 0.3) is 0 Å². The Morgan fingerprint density at radius 2 is 1.82 bits per heavy atom. The first kappa shape index (κ1) is 23.8. The summed E-state index contributed by atoms with van der Waals surface area (Å²) >= 11 is 14.8. The maximum Gasteiger partial charge on any atom is 0.573 e. The fourth-order valence-corrected chi connectivity index (χ4v) is 4.84. The highest BCUT2D eigenvalue weighted by molar-refractivity contribution is 7.99. The largest absolute Gasteiger partial charge is 0.573 e. The van der Waals surface area contributed by atoms with Gasteiger partial charge in [-0.25, -0.2) is 4.98 Å². The van der Waals surface area contributed by atoms with Gasteiger partial charge in [-0.3, -0.25) is 0 Å². The average molecular weight is 512 g/mol. The topological polar surface area (TPSA) is 63.9 Å². The molecule has 0 spiro atoms. The van der Waals surface area contributed by atoms with Crippen molar-refractivity contribution in [1.29, 1.82) is 0 Å². The second-order valence-electron chi connectivity index (χ2n) is 7.09. The van der Waals surface area contributed by atoms with E-state index in [1.807, 2.05) is 24.3 Å². The van der Waals surface area contributed by atoms with Crippen LogP contribution in [0.4, 0.5) is 13.2 Å². The highest BCUT2D eigenvalue weighted by Gasteiger charge is 2.33. The van der Waals surface area contributed by atoms with E-state index in [0.29, 0.717) is 16.9 Å². The van der Waals surface area contributed by atoms with Gasteiger partial charge in [0.2, 0.25) is 0 Å². The summed E-state index contributed by atoms with van der Waals surface area (Å²) in [5.74, 6) is 1.01. The summed E-state index contributed by atoms with van der Waals surface area (Å²) in [7, 11) is 0. The van der Waals surface area contributed by atoms with Crippen LogP contribution in [0.3, 0.4) is 0 Å². The number of nitrogens with two attached hydrogens (primary N) is 1. The Balaban J connectivity index is 1.76. The molecule has 1 aromatic heterocycles. The van der Waals surface area contributed by atoms with Crippen LogP contribution in [-0.4, -0.2) is 22.1 Å². The molecule has 4 nitrogen and oxygen atoms in total. The molecule has 0 aliphatic heterocycles. The zero-order valence-corrected chi connectivity index (χ0v) is 19.5. The van der Waals surface area contributed by atoms with Crippen LogP contribution in [0.2, 0.25) is 10.0 Å². The quantitative estimate of drug-likeness (QED) is 0.261. The lowest BCUT2D eigenvalue weighted by Crippen LogP contribution is -2.17. The molecule has 1 heterocycles. The molecular weight excluding hydrogens is 494 g/mol. The van der Waals surface area contributed by atoms with Crippen LogP contribution in [0.5, 0.6) is 5.75 Å². The fraction of sp³-hybridized carbons (Fsp3) is 0.174. The van der Waals surface area contributed by atoms with E-state index < -0.39 is 18.2 Å². The van der Waals surface area contributed by atoms with Gasteiger partial charge in [-0.05, 0) is 35.6 Å². The number of rotatable bonds is 6. The lowest BCUT2D eigenvalue weighted by molar-refractivity contribution is -0.274. The van der Waals surface area contributed by atoms with Gasteiger partial charge in [-0.2, -0.15) is 0 Å². The van der Waals surface area contributed by atoms with Crippen LogP contribution in [0.15, 0.2) is 59.5 Å². The van der Waals surface area contributed by atoms with Crippen LogP contribution in [0.1, 0.15) is 24.4 Å². The minimum atomic E-state index is -4.86. The van der Waals surface area contributed by atoms with Gasteiger partial charge in [0.05, 0.1) is 21.6 Å². The fourth-order valence-electron chi connectivity index (χ4n) is 3.48. The molecule has 0 fully saturated rings. The van der Waals surface area contributed by atoms with Crippen molar-refractivity contribution >= 4 is 46.0 Å². The molecular formula is C23H18Cl2F3N3OS. The molecule has 4 rings (SSSR count). The Hall–Kier alpha value is -2.39. The highest BCUT2D eigenvalue weighted by atomic mass is 35.5. The number of ether oxygens (including phenoxy) is 1. The Morgan fingerprint density at radius 3 is 2.48 bits per heavy atom. The minimum Gasteiger partial charge on any atom is -0.405 e. The molecule has 33 heavy (non-hydrogen) atoms. The molecule has 3 N–H and O–H groups in total. The zero-order chi connectivity index (χ0) is 23.8. The maximum atomic E-state index is 12.9. The summed E-state index contributed by atoms with van der Waals surface area (Å²) in [5.41, 5.74) is 8.42. The van der Waals surface area contributed by atoms with E-state index >= 15 is 0 Å². The van der Waals surface area contributed by atoms with E-state index in [-0.39, 0.29) is 21.2 Å². The normalized spacial score (nSPS) is 12.8. The standard InChI is InChI=1S/C23H18Cl2F3N3OS/c1-2-33-13-9-7-12(8-10-13)20(29)22-30-16-11-15(24)18(19(25)21(16)31-22)14-5-3-4-6-17(14)32-23(26,27)28/h3-11,20H,2,29H2,1H3,(H,30,31). The smallest absolute Gasteiger partial charge is 0.405 e. The first-order valence-corrected chi connectivity index (χ1v) is 11.6. The molecule has 4 aromatic rings. The van der Waals surface area contributed by atoms with Crippen molar-refractivity contribution in [1.82, 2.24) is 9.97 Å². The molecule has 10 heteroatoms. The van der Waals surface area contributed by atoms with Crippen molar-refractivity contribution in [3.8, 4) is 16.9 Å². The summed E-state index contributed by atoms with van der Waals surface area (Å²) in [6.45, 7) is 2.08. The molecule has 0 aliphatic carbocycles. The highest BCUT2D eigenvalue weighted by Crippen LogP contribution is 2.44. The number of nitrogens with one attached hydrogen (secondary N) is 1. The van der Waals surface area contributed by atoms with E-state index in [2.05, 4.69) is 21.6 Å². The molecule has 0 aliphatic rings. The summed E-state index contributed by atoms with van der Waals surface area (Å²) < 4.78 is 42.8. The van der Waals surface area contributed by atoms with E-state index in [4.69, 9.17) is 28.9 Å². The van der Waals surface area contributed by atoms with Crippen molar-refractivity contribution in [2.75, 3.05) is 5.75 Å². The predicted octanol–water partition coefficient (Wildman–Crippen LogP) is 7.60. The van der Waals surface area contributed by atoms with Crippen LogP contribution in [0.25, 0.3) is 22.2 Å². The summed E-state index contributed by atoms with van der Waals surface area (Å²) in [6.07, 6.45) is -4.86. The van der Waals surface area contributed by atoms with Crippen LogP contribution >= 0.6 is 35.0 Å². The van der Waals surface area contributed by atoms with Crippen LogP contribution < -0.4 is 10.5 Å². The number of para-hydroxylation sites is 1. The minimum absolute atomic E-state index is 0.0973. The van der Waals surface area contributed by atoms with Crippen molar-refractivity contribution in [2.45, 2.75) is 24.2 Å². The Bertz CT molecular complexity index is 1290. The first-order chi connectivity index (χ1) is 15.7. The molecule has 1 unspecified atom stereocenters. The molecule has 0 saturated carbocycles. The van der Waals surface area contributed by atoms with Gasteiger partial charge < -0.3 is 15.5 Å². The number of benzene rings is 3. The number of halogens is 5. The predicted molar refractivity (Wildman–Crippen MR) is 127 cm³/mol. The number of imidazole rings is 1. The molecule has 0 saturated heterocycles. The number of nitrogens with zero attached hydrogens (tertiary/aromatic N) is 1. The summed E-state index contributed by atoms with van der Waals surface area (Å²) in [5, 5.41) is 0.246. The third kappa shape index (κ3) is 5.09. The van der Waals surface area contributed by atoms with Gasteiger partial charge in [0.15, 0.2) is 0 Å². The monoisotopic (exact) mass is 511 g/mol. The molecule has 0 radical (unpaired) electrons. The first-order valence-electron chi connectivity index (χ1n) is 9.89. The van der Waals surface area contributed by atoms with E-state index in [1.165, 1.54) is 18.2 Å². The van der Waals surface area contributed by atoms with Crippen molar-refractivity contribution < 1.29 is 17.9 Å². The molecule has 3 aromatic carbocycles. The van der Waals surface area contributed by atoms with Crippen LogP contribution in [-0.2, 0) is 0 Å². The van der Waals surface area contributed by atoms with E-state index in [0.717, 1.165) is 16.2 Å². The molecule has 0 amide bonds.